The van der Waals surface area contributed by atoms with Crippen LogP contribution < -0.4 is 10.2 Å². The van der Waals surface area contributed by atoms with Crippen molar-refractivity contribution >= 4 is 52.8 Å². The first-order valence-corrected chi connectivity index (χ1v) is 9.03. The first-order chi connectivity index (χ1) is 12.7. The van der Waals surface area contributed by atoms with Gasteiger partial charge in [-0.25, -0.2) is 9.69 Å². The fourth-order valence-corrected chi connectivity index (χ4v) is 3.65. The summed E-state index contributed by atoms with van der Waals surface area (Å²) < 4.78 is 2.07. The lowest BCUT2D eigenvalue weighted by molar-refractivity contribution is -0.122. The number of halogens is 2. The first kappa shape index (κ1) is 19.2. The molecule has 2 aromatic rings. The molecule has 27 heavy (non-hydrogen) atoms. The van der Waals surface area contributed by atoms with Crippen molar-refractivity contribution in [2.75, 3.05) is 4.90 Å². The summed E-state index contributed by atoms with van der Waals surface area (Å²) in [7, 11) is 0. The van der Waals surface area contributed by atoms with E-state index in [0.29, 0.717) is 5.02 Å². The van der Waals surface area contributed by atoms with Gasteiger partial charge < -0.3 is 4.57 Å². The minimum Gasteiger partial charge on any atom is -0.349 e. The van der Waals surface area contributed by atoms with E-state index in [-0.39, 0.29) is 16.3 Å². The molecule has 0 bridgehead atoms. The van der Waals surface area contributed by atoms with Gasteiger partial charge in [-0.15, -0.1) is 0 Å². The average molecular weight is 406 g/mol. The number of carbonyl (C=O) groups is 3. The summed E-state index contributed by atoms with van der Waals surface area (Å²) in [5.41, 5.74) is 2.69. The minimum absolute atomic E-state index is 0.129. The number of aryl methyl sites for hydroxylation is 1. The highest BCUT2D eigenvalue weighted by Gasteiger charge is 2.37. The van der Waals surface area contributed by atoms with Crippen LogP contribution in [0.5, 0.6) is 0 Å². The van der Waals surface area contributed by atoms with Crippen LogP contribution in [0.15, 0.2) is 29.8 Å². The number of benzene rings is 1. The molecule has 1 aliphatic heterocycles. The number of nitrogens with zero attached hydrogens (tertiary/aromatic N) is 2. The van der Waals surface area contributed by atoms with E-state index in [4.69, 9.17) is 23.2 Å². The standard InChI is InChI=1S/C19H17Cl2N3O3/c1-4-23-10(2)7-12(11(23)3)8-14-17(25)22-19(27)24(18(14)26)16-6-5-13(20)9-15(16)21/h5-9H,4H2,1-3H3,(H,22,25,27)/b14-8-. The molecule has 3 rings (SSSR count). The van der Waals surface area contributed by atoms with Crippen molar-refractivity contribution in [1.29, 1.82) is 0 Å². The Kier molecular flexibility index (Phi) is 5.13. The predicted molar refractivity (Wildman–Crippen MR) is 105 cm³/mol. The third-order valence-electron chi connectivity index (χ3n) is 4.48. The molecule has 0 spiro atoms. The normalized spacial score (nSPS) is 16.3. The summed E-state index contributed by atoms with van der Waals surface area (Å²) in [4.78, 5) is 38.3. The summed E-state index contributed by atoms with van der Waals surface area (Å²) in [5, 5.41) is 2.68. The summed E-state index contributed by atoms with van der Waals surface area (Å²) in [6.07, 6.45) is 1.50. The number of urea groups is 1. The molecule has 2 heterocycles. The van der Waals surface area contributed by atoms with E-state index in [1.807, 2.05) is 26.8 Å². The second-order valence-electron chi connectivity index (χ2n) is 6.12. The number of anilines is 1. The predicted octanol–water partition coefficient (Wildman–Crippen LogP) is 4.10. The van der Waals surface area contributed by atoms with E-state index in [1.54, 1.807) is 0 Å². The topological polar surface area (TPSA) is 71.4 Å². The first-order valence-electron chi connectivity index (χ1n) is 8.27. The van der Waals surface area contributed by atoms with E-state index in [9.17, 15) is 14.4 Å². The lowest BCUT2D eigenvalue weighted by atomic mass is 10.1. The van der Waals surface area contributed by atoms with Crippen LogP contribution in [-0.2, 0) is 16.1 Å². The van der Waals surface area contributed by atoms with Gasteiger partial charge in [0.2, 0.25) is 0 Å². The van der Waals surface area contributed by atoms with Gasteiger partial charge in [-0.1, -0.05) is 23.2 Å². The highest BCUT2D eigenvalue weighted by molar-refractivity contribution is 6.42. The number of rotatable bonds is 3. The molecule has 8 heteroatoms. The molecule has 0 radical (unpaired) electrons. The van der Waals surface area contributed by atoms with Gasteiger partial charge in [0.25, 0.3) is 11.8 Å². The molecule has 1 aliphatic rings. The molecule has 140 valence electrons. The molecule has 0 unspecified atom stereocenters. The molecule has 4 amide bonds. The molecular formula is C19H17Cl2N3O3. The average Bonchev–Trinajstić information content (AvgIpc) is 2.86. The van der Waals surface area contributed by atoms with Crippen molar-refractivity contribution in [3.05, 3.63) is 56.8 Å². The van der Waals surface area contributed by atoms with Crippen LogP contribution in [0.4, 0.5) is 10.5 Å². The molecule has 1 aromatic heterocycles. The number of hydrogen-bond acceptors (Lipinski definition) is 3. The quantitative estimate of drug-likeness (QED) is 0.616. The van der Waals surface area contributed by atoms with E-state index in [1.165, 1.54) is 24.3 Å². The van der Waals surface area contributed by atoms with Crippen LogP contribution in [0.3, 0.4) is 0 Å². The maximum absolute atomic E-state index is 12.9. The molecule has 1 saturated heterocycles. The van der Waals surface area contributed by atoms with Crippen molar-refractivity contribution in [2.45, 2.75) is 27.3 Å². The Morgan fingerprint density at radius 3 is 2.41 bits per heavy atom. The van der Waals surface area contributed by atoms with Gasteiger partial charge in [-0.2, -0.15) is 0 Å². The van der Waals surface area contributed by atoms with Crippen molar-refractivity contribution in [3.63, 3.8) is 0 Å². The largest absolute Gasteiger partial charge is 0.349 e. The second-order valence-corrected chi connectivity index (χ2v) is 6.97. The Bertz CT molecular complexity index is 1010. The molecule has 0 atom stereocenters. The Hall–Kier alpha value is -2.57. The third kappa shape index (κ3) is 3.38. The monoisotopic (exact) mass is 405 g/mol. The van der Waals surface area contributed by atoms with Gasteiger partial charge in [-0.3, -0.25) is 14.9 Å². The Labute approximate surface area is 166 Å². The van der Waals surface area contributed by atoms with E-state index >= 15 is 0 Å². The minimum atomic E-state index is -0.856. The Morgan fingerprint density at radius 2 is 1.81 bits per heavy atom. The molecule has 1 fully saturated rings. The van der Waals surface area contributed by atoms with Crippen LogP contribution in [0.2, 0.25) is 10.0 Å². The van der Waals surface area contributed by atoms with Crippen LogP contribution in [0.25, 0.3) is 6.08 Å². The van der Waals surface area contributed by atoms with Gasteiger partial charge >= 0.3 is 6.03 Å². The summed E-state index contributed by atoms with van der Waals surface area (Å²) in [6.45, 7) is 6.64. The van der Waals surface area contributed by atoms with Crippen molar-refractivity contribution < 1.29 is 14.4 Å². The van der Waals surface area contributed by atoms with Gasteiger partial charge in [0.1, 0.15) is 5.57 Å². The maximum atomic E-state index is 12.9. The summed E-state index contributed by atoms with van der Waals surface area (Å²) >= 11 is 12.0. The fraction of sp³-hybridized carbons (Fsp3) is 0.211. The fourth-order valence-electron chi connectivity index (χ4n) is 3.15. The molecule has 0 saturated carbocycles. The number of aromatic nitrogens is 1. The van der Waals surface area contributed by atoms with E-state index < -0.39 is 17.8 Å². The zero-order valence-electron chi connectivity index (χ0n) is 15.0. The Morgan fingerprint density at radius 1 is 1.11 bits per heavy atom. The van der Waals surface area contributed by atoms with Gasteiger partial charge in [0.05, 0.1) is 10.7 Å². The molecule has 0 aliphatic carbocycles. The number of nitrogens with one attached hydrogen (secondary N) is 1. The number of barbiturate groups is 1. The lowest BCUT2D eigenvalue weighted by Gasteiger charge is -2.27. The number of amides is 4. The number of carbonyl (C=O) groups excluding carboxylic acids is 3. The molecule has 6 nitrogen and oxygen atoms in total. The molecular weight excluding hydrogens is 389 g/mol. The van der Waals surface area contributed by atoms with Crippen molar-refractivity contribution in [1.82, 2.24) is 9.88 Å². The Balaban J connectivity index is 2.08. The molecule has 1 N–H and O–H groups in total. The van der Waals surface area contributed by atoms with Crippen LogP contribution in [0, 0.1) is 13.8 Å². The smallest absolute Gasteiger partial charge is 0.335 e. The van der Waals surface area contributed by atoms with E-state index in [2.05, 4.69) is 9.88 Å². The highest BCUT2D eigenvalue weighted by Crippen LogP contribution is 2.31. The van der Waals surface area contributed by atoms with Gasteiger partial charge in [0.15, 0.2) is 0 Å². The van der Waals surface area contributed by atoms with Crippen molar-refractivity contribution in [2.24, 2.45) is 0 Å². The number of imide groups is 2. The molecule has 1 aromatic carbocycles. The second kappa shape index (κ2) is 7.21. The van der Waals surface area contributed by atoms with E-state index in [0.717, 1.165) is 28.4 Å². The highest BCUT2D eigenvalue weighted by atomic mass is 35.5. The third-order valence-corrected chi connectivity index (χ3v) is 5.02. The lowest BCUT2D eigenvalue weighted by Crippen LogP contribution is -2.54. The summed E-state index contributed by atoms with van der Waals surface area (Å²) in [6, 6.07) is 5.43. The van der Waals surface area contributed by atoms with Gasteiger partial charge in [-0.05, 0) is 56.7 Å². The van der Waals surface area contributed by atoms with Crippen LogP contribution in [-0.4, -0.2) is 22.4 Å². The summed E-state index contributed by atoms with van der Waals surface area (Å²) in [5.74, 6) is -1.48. The zero-order chi connectivity index (χ0) is 19.9. The zero-order valence-corrected chi connectivity index (χ0v) is 16.5. The van der Waals surface area contributed by atoms with Gasteiger partial charge in [0, 0.05) is 23.0 Å². The maximum Gasteiger partial charge on any atom is 0.335 e. The van der Waals surface area contributed by atoms with Crippen LogP contribution >= 0.6 is 23.2 Å². The SMILES string of the molecule is CCn1c(C)cc(/C=C2/C(=O)NC(=O)N(c3ccc(Cl)cc3Cl)C2=O)c1C. The van der Waals surface area contributed by atoms with Crippen molar-refractivity contribution in [3.8, 4) is 0 Å². The number of hydrogen-bond donors (Lipinski definition) is 1. The van der Waals surface area contributed by atoms with Crippen LogP contribution in [0.1, 0.15) is 23.9 Å².